The van der Waals surface area contributed by atoms with Crippen molar-refractivity contribution in [1.82, 2.24) is 5.32 Å². The molecule has 0 aliphatic rings. The number of nitrogen functional groups attached to an aromatic ring is 1. The highest BCUT2D eigenvalue weighted by Crippen LogP contribution is 2.37. The Bertz CT molecular complexity index is 627. The number of thiophene rings is 1. The molecule has 1 aromatic carbocycles. The number of rotatable bonds is 5. The summed E-state index contributed by atoms with van der Waals surface area (Å²) in [5, 5.41) is 13.2. The molecule has 4 N–H and O–H groups in total. The van der Waals surface area contributed by atoms with Crippen LogP contribution in [-0.2, 0) is 0 Å². The molecular formula is C14H17BrN2O2S. The van der Waals surface area contributed by atoms with E-state index in [1.54, 1.807) is 0 Å². The molecule has 0 radical (unpaired) electrons. The van der Waals surface area contributed by atoms with Crippen LogP contribution < -0.4 is 11.1 Å². The van der Waals surface area contributed by atoms with E-state index in [1.807, 2.05) is 25.1 Å². The van der Waals surface area contributed by atoms with E-state index in [0.717, 1.165) is 14.6 Å². The van der Waals surface area contributed by atoms with Crippen LogP contribution in [0, 0.1) is 0 Å². The van der Waals surface area contributed by atoms with Gasteiger partial charge >= 0.3 is 0 Å². The van der Waals surface area contributed by atoms with Gasteiger partial charge in [-0.15, -0.1) is 11.3 Å². The van der Waals surface area contributed by atoms with Crippen molar-refractivity contribution in [2.45, 2.75) is 25.9 Å². The zero-order chi connectivity index (χ0) is 14.7. The number of anilines is 1. The molecule has 0 saturated heterocycles. The normalized spacial score (nSPS) is 12.6. The van der Waals surface area contributed by atoms with E-state index >= 15 is 0 Å². The molecule has 108 valence electrons. The fourth-order valence-corrected chi connectivity index (χ4v) is 3.71. The average Bonchev–Trinajstić information content (AvgIpc) is 2.77. The molecule has 2 rings (SSSR count). The molecule has 6 heteroatoms. The molecule has 1 aromatic heterocycles. The summed E-state index contributed by atoms with van der Waals surface area (Å²) in [4.78, 5) is 12.7. The van der Waals surface area contributed by atoms with E-state index < -0.39 is 0 Å². The number of nitrogens with two attached hydrogens (primary N) is 1. The molecule has 1 heterocycles. The minimum atomic E-state index is -0.371. The van der Waals surface area contributed by atoms with Crippen LogP contribution in [0.1, 0.15) is 29.4 Å². The SMILES string of the molecule is CCC(O)CCNC(=O)c1sc2cccc(Br)c2c1N. The Hall–Kier alpha value is -1.11. The first kappa shape index (κ1) is 15.3. The van der Waals surface area contributed by atoms with Crippen LogP contribution in [0.15, 0.2) is 22.7 Å². The van der Waals surface area contributed by atoms with Crippen molar-refractivity contribution < 1.29 is 9.90 Å². The predicted octanol–water partition coefficient (Wildman–Crippen LogP) is 3.14. The highest BCUT2D eigenvalue weighted by Gasteiger charge is 2.17. The van der Waals surface area contributed by atoms with Crippen molar-refractivity contribution >= 4 is 48.9 Å². The number of halogens is 1. The van der Waals surface area contributed by atoms with E-state index in [4.69, 9.17) is 5.73 Å². The minimum Gasteiger partial charge on any atom is -0.397 e. The Balaban J connectivity index is 2.15. The van der Waals surface area contributed by atoms with Crippen molar-refractivity contribution in [1.29, 1.82) is 0 Å². The van der Waals surface area contributed by atoms with Gasteiger partial charge in [0.15, 0.2) is 0 Å². The number of amides is 1. The standard InChI is InChI=1S/C14H17BrN2O2S/c1-2-8(18)6-7-17-14(19)13-12(16)11-9(15)4-3-5-10(11)20-13/h3-5,8,18H,2,6-7,16H2,1H3,(H,17,19). The lowest BCUT2D eigenvalue weighted by Gasteiger charge is -2.08. The van der Waals surface area contributed by atoms with E-state index in [-0.39, 0.29) is 12.0 Å². The summed E-state index contributed by atoms with van der Waals surface area (Å²) < 4.78 is 1.87. The molecule has 0 saturated carbocycles. The Morgan fingerprint density at radius 3 is 2.95 bits per heavy atom. The summed E-state index contributed by atoms with van der Waals surface area (Å²) >= 11 is 4.83. The van der Waals surface area contributed by atoms with Crippen LogP contribution in [0.5, 0.6) is 0 Å². The van der Waals surface area contributed by atoms with Crippen LogP contribution in [0.2, 0.25) is 0 Å². The number of carbonyl (C=O) groups excluding carboxylic acids is 1. The van der Waals surface area contributed by atoms with Gasteiger partial charge in [-0.1, -0.05) is 28.9 Å². The maximum Gasteiger partial charge on any atom is 0.263 e. The second-order valence-corrected chi connectivity index (χ2v) is 6.47. The van der Waals surface area contributed by atoms with Gasteiger partial charge < -0.3 is 16.2 Å². The molecule has 20 heavy (non-hydrogen) atoms. The highest BCUT2D eigenvalue weighted by atomic mass is 79.9. The number of hydrogen-bond donors (Lipinski definition) is 3. The van der Waals surface area contributed by atoms with Gasteiger partial charge in [-0.3, -0.25) is 4.79 Å². The van der Waals surface area contributed by atoms with Crippen molar-refractivity contribution in [3.63, 3.8) is 0 Å². The molecule has 0 spiro atoms. The van der Waals surface area contributed by atoms with Crippen molar-refractivity contribution in [3.05, 3.63) is 27.5 Å². The third kappa shape index (κ3) is 3.13. The van der Waals surface area contributed by atoms with Gasteiger partial charge in [0.1, 0.15) is 4.88 Å². The second kappa shape index (κ2) is 6.56. The Morgan fingerprint density at radius 1 is 1.55 bits per heavy atom. The van der Waals surface area contributed by atoms with Gasteiger partial charge in [0.05, 0.1) is 11.8 Å². The molecule has 0 aliphatic carbocycles. The van der Waals surface area contributed by atoms with Gasteiger partial charge in [-0.2, -0.15) is 0 Å². The number of carbonyl (C=O) groups is 1. The highest BCUT2D eigenvalue weighted by molar-refractivity contribution is 9.10. The number of aliphatic hydroxyl groups excluding tert-OH is 1. The maximum absolute atomic E-state index is 12.1. The number of aliphatic hydroxyl groups is 1. The van der Waals surface area contributed by atoms with E-state index in [0.29, 0.717) is 30.0 Å². The smallest absolute Gasteiger partial charge is 0.263 e. The van der Waals surface area contributed by atoms with Crippen molar-refractivity contribution in [2.24, 2.45) is 0 Å². The molecule has 4 nitrogen and oxygen atoms in total. The number of fused-ring (bicyclic) bond motifs is 1. The predicted molar refractivity (Wildman–Crippen MR) is 87.2 cm³/mol. The molecule has 1 unspecified atom stereocenters. The van der Waals surface area contributed by atoms with Crippen molar-refractivity contribution in [2.75, 3.05) is 12.3 Å². The first-order valence-electron chi connectivity index (χ1n) is 6.47. The minimum absolute atomic E-state index is 0.182. The third-order valence-electron chi connectivity index (χ3n) is 3.14. The number of hydrogen-bond acceptors (Lipinski definition) is 4. The van der Waals surface area contributed by atoms with Gasteiger partial charge in [-0.05, 0) is 25.0 Å². The van der Waals surface area contributed by atoms with E-state index in [9.17, 15) is 9.90 Å². The molecule has 0 fully saturated rings. The summed E-state index contributed by atoms with van der Waals surface area (Å²) in [5.41, 5.74) is 6.57. The molecule has 0 aliphatic heterocycles. The maximum atomic E-state index is 12.1. The Morgan fingerprint density at radius 2 is 2.30 bits per heavy atom. The molecular weight excluding hydrogens is 340 g/mol. The van der Waals surface area contributed by atoms with Gasteiger partial charge in [0, 0.05) is 21.1 Å². The Labute approximate surface area is 130 Å². The summed E-state index contributed by atoms with van der Waals surface area (Å²) in [6.07, 6.45) is 0.870. The fourth-order valence-electron chi connectivity index (χ4n) is 1.93. The zero-order valence-corrected chi connectivity index (χ0v) is 13.6. The molecule has 0 bridgehead atoms. The van der Waals surface area contributed by atoms with Gasteiger partial charge in [0.25, 0.3) is 5.91 Å². The zero-order valence-electron chi connectivity index (χ0n) is 11.1. The van der Waals surface area contributed by atoms with Crippen LogP contribution >= 0.6 is 27.3 Å². The van der Waals surface area contributed by atoms with Crippen LogP contribution in [0.4, 0.5) is 5.69 Å². The lowest BCUT2D eigenvalue weighted by molar-refractivity contribution is 0.0947. The van der Waals surface area contributed by atoms with Gasteiger partial charge in [-0.25, -0.2) is 0 Å². The number of benzene rings is 1. The lowest BCUT2D eigenvalue weighted by atomic mass is 10.2. The van der Waals surface area contributed by atoms with Crippen LogP contribution in [0.25, 0.3) is 10.1 Å². The van der Waals surface area contributed by atoms with Crippen LogP contribution in [0.3, 0.4) is 0 Å². The largest absolute Gasteiger partial charge is 0.397 e. The second-order valence-electron chi connectivity index (χ2n) is 4.56. The van der Waals surface area contributed by atoms with Crippen molar-refractivity contribution in [3.8, 4) is 0 Å². The topological polar surface area (TPSA) is 75.3 Å². The Kier molecular flexibility index (Phi) is 5.01. The number of nitrogens with one attached hydrogen (secondary N) is 1. The summed E-state index contributed by atoms with van der Waals surface area (Å²) in [5.74, 6) is -0.182. The molecule has 1 amide bonds. The first-order valence-corrected chi connectivity index (χ1v) is 8.08. The summed E-state index contributed by atoms with van der Waals surface area (Å²) in [6, 6.07) is 5.77. The third-order valence-corrected chi connectivity index (χ3v) is 4.97. The fraction of sp³-hybridized carbons (Fsp3) is 0.357. The lowest BCUT2D eigenvalue weighted by Crippen LogP contribution is -2.26. The summed E-state index contributed by atoms with van der Waals surface area (Å²) in [6.45, 7) is 2.36. The van der Waals surface area contributed by atoms with E-state index in [1.165, 1.54) is 11.3 Å². The quantitative estimate of drug-likeness (QED) is 0.770. The monoisotopic (exact) mass is 356 g/mol. The molecule has 1 atom stereocenters. The first-order chi connectivity index (χ1) is 9.54. The van der Waals surface area contributed by atoms with E-state index in [2.05, 4.69) is 21.2 Å². The summed E-state index contributed by atoms with van der Waals surface area (Å²) in [7, 11) is 0. The molecule has 2 aromatic rings. The average molecular weight is 357 g/mol. The van der Waals surface area contributed by atoms with Crippen LogP contribution in [-0.4, -0.2) is 23.7 Å². The van der Waals surface area contributed by atoms with Gasteiger partial charge in [0.2, 0.25) is 0 Å².